The molecule has 0 amide bonds. The topological polar surface area (TPSA) is 77.4 Å². The van der Waals surface area contributed by atoms with Gasteiger partial charge < -0.3 is 20.8 Å². The maximum atomic E-state index is 8.80. The van der Waals surface area contributed by atoms with E-state index < -0.39 is 6.29 Å². The van der Waals surface area contributed by atoms with Crippen molar-refractivity contribution in [1.29, 1.82) is 0 Å². The highest BCUT2D eigenvalue weighted by molar-refractivity contribution is 5.72. The summed E-state index contributed by atoms with van der Waals surface area (Å²) in [6.07, 6.45) is 0.0714. The first-order chi connectivity index (χ1) is 5.77. The van der Waals surface area contributed by atoms with Crippen LogP contribution in [0.25, 0.3) is 0 Å². The number of nitrogens with one attached hydrogen (secondary N) is 2. The maximum Gasteiger partial charge on any atom is 0.196 e. The summed E-state index contributed by atoms with van der Waals surface area (Å²) in [5.41, 5.74) is 2.00. The Morgan fingerprint density at radius 2 is 2.08 bits per heavy atom. The Labute approximate surface area is 69.1 Å². The van der Waals surface area contributed by atoms with Crippen molar-refractivity contribution in [2.45, 2.75) is 6.29 Å². The maximum absolute atomic E-state index is 8.80. The van der Waals surface area contributed by atoms with Gasteiger partial charge in [0.15, 0.2) is 6.29 Å². The SMILES string of the molecule is OC(O)c1cc2c(cn1)NCN2. The molecule has 2 rings (SSSR count). The lowest BCUT2D eigenvalue weighted by Gasteiger charge is -2.04. The molecule has 0 unspecified atom stereocenters. The fourth-order valence-electron chi connectivity index (χ4n) is 1.13. The summed E-state index contributed by atoms with van der Waals surface area (Å²) in [7, 11) is 0. The van der Waals surface area contributed by atoms with Gasteiger partial charge in [-0.1, -0.05) is 0 Å². The first-order valence-corrected chi connectivity index (χ1v) is 3.61. The number of fused-ring (bicyclic) bond motifs is 1. The zero-order valence-corrected chi connectivity index (χ0v) is 6.28. The molecular weight excluding hydrogens is 158 g/mol. The van der Waals surface area contributed by atoms with Crippen LogP contribution < -0.4 is 10.6 Å². The van der Waals surface area contributed by atoms with Crippen LogP contribution >= 0.6 is 0 Å². The van der Waals surface area contributed by atoms with Gasteiger partial charge in [-0.2, -0.15) is 0 Å². The van der Waals surface area contributed by atoms with E-state index in [1.54, 1.807) is 12.3 Å². The van der Waals surface area contributed by atoms with Gasteiger partial charge in [0, 0.05) is 0 Å². The van der Waals surface area contributed by atoms with Gasteiger partial charge in [0.05, 0.1) is 29.9 Å². The first kappa shape index (κ1) is 7.33. The van der Waals surface area contributed by atoms with Crippen LogP contribution in [0.15, 0.2) is 12.3 Å². The van der Waals surface area contributed by atoms with Gasteiger partial charge >= 0.3 is 0 Å². The van der Waals surface area contributed by atoms with Crippen molar-refractivity contribution in [3.05, 3.63) is 18.0 Å². The summed E-state index contributed by atoms with van der Waals surface area (Å²) in [6.45, 7) is 0.655. The number of aromatic nitrogens is 1. The fraction of sp³-hybridized carbons (Fsp3) is 0.286. The smallest absolute Gasteiger partial charge is 0.196 e. The molecule has 2 heterocycles. The predicted octanol–water partition coefficient (Wildman–Crippen LogP) is -0.140. The van der Waals surface area contributed by atoms with Crippen LogP contribution in [0, 0.1) is 0 Å². The molecule has 5 heteroatoms. The number of nitrogens with zero attached hydrogens (tertiary/aromatic N) is 1. The lowest BCUT2D eigenvalue weighted by molar-refractivity contribution is -0.0457. The third-order valence-corrected chi connectivity index (χ3v) is 1.75. The molecule has 5 nitrogen and oxygen atoms in total. The second kappa shape index (κ2) is 2.62. The molecular formula is C7H9N3O2. The van der Waals surface area contributed by atoms with Crippen LogP contribution in [0.2, 0.25) is 0 Å². The molecule has 0 radical (unpaired) electrons. The largest absolute Gasteiger partial charge is 0.366 e. The van der Waals surface area contributed by atoms with E-state index in [0.29, 0.717) is 6.67 Å². The quantitative estimate of drug-likeness (QED) is 0.438. The molecule has 0 saturated carbocycles. The van der Waals surface area contributed by atoms with Crippen LogP contribution in [0.1, 0.15) is 12.0 Å². The number of aliphatic hydroxyl groups is 2. The lowest BCUT2D eigenvalue weighted by atomic mass is 10.3. The number of anilines is 2. The molecule has 0 fully saturated rings. The molecule has 1 aliphatic rings. The van der Waals surface area contributed by atoms with E-state index >= 15 is 0 Å². The molecule has 1 aromatic rings. The van der Waals surface area contributed by atoms with Gasteiger partial charge in [0.2, 0.25) is 0 Å². The molecule has 1 aliphatic heterocycles. The van der Waals surface area contributed by atoms with Crippen molar-refractivity contribution in [3.8, 4) is 0 Å². The fourth-order valence-corrected chi connectivity index (χ4v) is 1.13. The van der Waals surface area contributed by atoms with Crippen molar-refractivity contribution in [1.82, 2.24) is 4.98 Å². The molecule has 0 saturated heterocycles. The van der Waals surface area contributed by atoms with E-state index in [2.05, 4.69) is 15.6 Å². The van der Waals surface area contributed by atoms with Crippen LogP contribution in [-0.2, 0) is 0 Å². The van der Waals surface area contributed by atoms with Gasteiger partial charge in [-0.3, -0.25) is 4.98 Å². The molecule has 0 aromatic carbocycles. The Hall–Kier alpha value is -1.33. The van der Waals surface area contributed by atoms with E-state index in [1.165, 1.54) is 0 Å². The van der Waals surface area contributed by atoms with Crippen LogP contribution in [0.5, 0.6) is 0 Å². The molecule has 1 aromatic heterocycles. The summed E-state index contributed by atoms with van der Waals surface area (Å²) in [5, 5.41) is 23.7. The van der Waals surface area contributed by atoms with Crippen molar-refractivity contribution in [3.63, 3.8) is 0 Å². The number of hydrogen-bond donors (Lipinski definition) is 4. The Bertz CT molecular complexity index is 301. The second-order valence-corrected chi connectivity index (χ2v) is 2.56. The monoisotopic (exact) mass is 167 g/mol. The Balaban J connectivity index is 2.39. The third-order valence-electron chi connectivity index (χ3n) is 1.75. The molecule has 12 heavy (non-hydrogen) atoms. The summed E-state index contributed by atoms with van der Waals surface area (Å²) in [5.74, 6) is 0. The minimum atomic E-state index is -1.50. The molecule has 0 spiro atoms. The number of aliphatic hydroxyl groups excluding tert-OH is 1. The van der Waals surface area contributed by atoms with Crippen molar-refractivity contribution in [2.75, 3.05) is 17.3 Å². The van der Waals surface area contributed by atoms with Gasteiger partial charge in [0.1, 0.15) is 0 Å². The molecule has 64 valence electrons. The first-order valence-electron chi connectivity index (χ1n) is 3.61. The number of hydrogen-bond acceptors (Lipinski definition) is 5. The van der Waals surface area contributed by atoms with Crippen LogP contribution in [0.3, 0.4) is 0 Å². The van der Waals surface area contributed by atoms with E-state index in [9.17, 15) is 0 Å². The minimum absolute atomic E-state index is 0.255. The highest BCUT2D eigenvalue weighted by Gasteiger charge is 2.12. The van der Waals surface area contributed by atoms with E-state index in [1.807, 2.05) is 0 Å². The minimum Gasteiger partial charge on any atom is -0.366 e. The van der Waals surface area contributed by atoms with Gasteiger partial charge in [-0.15, -0.1) is 0 Å². The average molecular weight is 167 g/mol. The summed E-state index contributed by atoms with van der Waals surface area (Å²) in [4.78, 5) is 3.85. The van der Waals surface area contributed by atoms with E-state index in [-0.39, 0.29) is 5.69 Å². The van der Waals surface area contributed by atoms with Crippen LogP contribution in [0.4, 0.5) is 11.4 Å². The second-order valence-electron chi connectivity index (χ2n) is 2.56. The Morgan fingerprint density at radius 1 is 1.33 bits per heavy atom. The zero-order valence-electron chi connectivity index (χ0n) is 6.28. The molecule has 0 bridgehead atoms. The summed E-state index contributed by atoms with van der Waals surface area (Å²) < 4.78 is 0. The molecule has 0 atom stereocenters. The summed E-state index contributed by atoms with van der Waals surface area (Å²) >= 11 is 0. The van der Waals surface area contributed by atoms with Gasteiger partial charge in [-0.05, 0) is 6.07 Å². The molecule has 0 aliphatic carbocycles. The van der Waals surface area contributed by atoms with Crippen molar-refractivity contribution < 1.29 is 10.2 Å². The van der Waals surface area contributed by atoms with E-state index in [0.717, 1.165) is 11.4 Å². The lowest BCUT2D eigenvalue weighted by Crippen LogP contribution is -1.99. The highest BCUT2D eigenvalue weighted by atomic mass is 16.5. The van der Waals surface area contributed by atoms with Crippen LogP contribution in [-0.4, -0.2) is 21.9 Å². The highest BCUT2D eigenvalue weighted by Crippen LogP contribution is 2.26. The van der Waals surface area contributed by atoms with Gasteiger partial charge in [0.25, 0.3) is 0 Å². The zero-order chi connectivity index (χ0) is 8.55. The van der Waals surface area contributed by atoms with Crippen molar-refractivity contribution in [2.24, 2.45) is 0 Å². The van der Waals surface area contributed by atoms with E-state index in [4.69, 9.17) is 10.2 Å². The van der Waals surface area contributed by atoms with Crippen molar-refractivity contribution >= 4 is 11.4 Å². The standard InChI is InChI=1S/C7H9N3O2/c11-7(12)5-1-4-6(2-8-5)10-3-9-4/h1-2,7,9-12H,3H2. The third kappa shape index (κ3) is 1.09. The predicted molar refractivity (Wildman–Crippen MR) is 43.5 cm³/mol. The normalized spacial score (nSPS) is 13.9. The number of pyridine rings is 1. The number of rotatable bonds is 1. The average Bonchev–Trinajstić information content (AvgIpc) is 2.49. The van der Waals surface area contributed by atoms with Gasteiger partial charge in [-0.25, -0.2) is 0 Å². The Kier molecular flexibility index (Phi) is 1.60. The molecule has 4 N–H and O–H groups in total. The Morgan fingerprint density at radius 3 is 2.83 bits per heavy atom. The summed E-state index contributed by atoms with van der Waals surface area (Å²) in [6, 6.07) is 1.61.